The van der Waals surface area contributed by atoms with E-state index in [2.05, 4.69) is 34.4 Å². The number of hydrogen-bond acceptors (Lipinski definition) is 18. The van der Waals surface area contributed by atoms with Gasteiger partial charge in [-0.2, -0.15) is 0 Å². The van der Waals surface area contributed by atoms with Gasteiger partial charge in [-0.3, -0.25) is 55.9 Å². The highest BCUT2D eigenvalue weighted by molar-refractivity contribution is 7.48. The molecule has 0 spiro atoms. The molecule has 0 aliphatic heterocycles. The Balaban J connectivity index is 4.86. The summed E-state index contributed by atoms with van der Waals surface area (Å²) in [6, 6.07) is -1.50. The number of rotatable bonds is 36. The third kappa shape index (κ3) is 32.0. The number of phosphoric acid groups is 2. The molecule has 0 aliphatic rings. The van der Waals surface area contributed by atoms with Gasteiger partial charge in [0.25, 0.3) is 0 Å². The summed E-state index contributed by atoms with van der Waals surface area (Å²) in [7, 11) is -8.46. The zero-order valence-electron chi connectivity index (χ0n) is 34.7. The van der Waals surface area contributed by atoms with Crippen LogP contribution in [0.1, 0.15) is 60.8 Å². The number of phosphoric ester groups is 2. The molecule has 4 N–H and O–H groups in total. The van der Waals surface area contributed by atoms with Gasteiger partial charge in [-0.1, -0.05) is 12.2 Å². The number of hydrogen-bond donors (Lipinski definition) is 4. The van der Waals surface area contributed by atoms with Crippen LogP contribution in [0.5, 0.6) is 0 Å². The smallest absolute Gasteiger partial charge is 0.463 e. The van der Waals surface area contributed by atoms with E-state index in [0.29, 0.717) is 12.8 Å². The summed E-state index contributed by atoms with van der Waals surface area (Å²) in [6.45, 7) is 13.7. The summed E-state index contributed by atoms with van der Waals surface area (Å²) in [4.78, 5) is 70.3. The molecule has 340 valence electrons. The fraction of sp³-hybridized carbons (Fsp3) is 0.714. The van der Waals surface area contributed by atoms with Crippen LogP contribution in [0.25, 0.3) is 0 Å². The van der Waals surface area contributed by atoms with Crippen molar-refractivity contribution in [3.63, 3.8) is 0 Å². The summed E-state index contributed by atoms with van der Waals surface area (Å²) in [5, 5.41) is 10.1. The van der Waals surface area contributed by atoms with Gasteiger partial charge in [-0.05, 0) is 13.8 Å². The van der Waals surface area contributed by atoms with Crippen molar-refractivity contribution in [2.45, 2.75) is 85.1 Å². The van der Waals surface area contributed by atoms with Gasteiger partial charge in [-0.25, -0.2) is 9.13 Å². The van der Waals surface area contributed by atoms with E-state index in [1.54, 1.807) is 13.8 Å². The van der Waals surface area contributed by atoms with Crippen LogP contribution < -0.4 is 21.3 Å². The molecule has 0 aromatic carbocycles. The number of esters is 2. The van der Waals surface area contributed by atoms with E-state index in [-0.39, 0.29) is 91.4 Å². The Labute approximate surface area is 345 Å². The van der Waals surface area contributed by atoms with Crippen molar-refractivity contribution in [2.75, 3.05) is 79.2 Å². The number of carbonyl (C=O) groups is 6. The van der Waals surface area contributed by atoms with Gasteiger partial charge < -0.3 is 40.2 Å². The predicted octanol–water partition coefficient (Wildman–Crippen LogP) is 2.02. The molecule has 0 rings (SSSR count). The molecule has 59 heavy (non-hydrogen) atoms. The van der Waals surface area contributed by atoms with Gasteiger partial charge >= 0.3 is 27.6 Å². The quantitative estimate of drug-likeness (QED) is 0.0230. The molecular formula is C35H62N4O18P2. The summed E-state index contributed by atoms with van der Waals surface area (Å²) in [6.07, 6.45) is 2.04. The predicted molar refractivity (Wildman–Crippen MR) is 210 cm³/mol. The van der Waals surface area contributed by atoms with Gasteiger partial charge in [0.1, 0.15) is 18.6 Å². The molecule has 0 aliphatic carbocycles. The molecule has 0 heterocycles. The molecule has 4 amide bonds. The summed E-state index contributed by atoms with van der Waals surface area (Å²) < 4.78 is 79.4. The maximum absolute atomic E-state index is 13.2. The number of carbonyl (C=O) groups excluding carboxylic acids is 6. The van der Waals surface area contributed by atoms with Gasteiger partial charge in [0.2, 0.25) is 23.6 Å². The largest absolute Gasteiger partial charge is 0.475 e. The van der Waals surface area contributed by atoms with E-state index in [9.17, 15) is 37.9 Å². The Kier molecular flexibility index (Phi) is 30.3. The Bertz CT molecular complexity index is 1320. The average molecular weight is 889 g/mol. The average Bonchev–Trinajstić information content (AvgIpc) is 3.14. The van der Waals surface area contributed by atoms with E-state index < -0.39 is 69.7 Å². The van der Waals surface area contributed by atoms with E-state index >= 15 is 0 Å². The van der Waals surface area contributed by atoms with E-state index in [4.69, 9.17) is 46.1 Å². The minimum Gasteiger partial charge on any atom is -0.463 e. The molecule has 2 unspecified atom stereocenters. The standard InChI is InChI=1S/C35H62N4O18P2/c1-9-15-50-58(46,54-24-32(38-28(5)40)22-48-17-11-26(3)56-30(7)42)52-19-13-36-34(44)21-35(45)37-14-20-53-59(47,51-16-10-2)55-25-33(39-29(6)41)23-49-18-12-27(4)57-31(8)43/h9-10,26-27,32-33H,1-2,11-25H2,3-8H3,(H,36,44)(H,37,45)(H,38,40)(H,39,41)/t26-,27-,32-,33+,58?,59?/m1/s1. The molecule has 24 heteroatoms. The first kappa shape index (κ1) is 55.4. The van der Waals surface area contributed by atoms with Crippen molar-refractivity contribution in [3.8, 4) is 0 Å². The van der Waals surface area contributed by atoms with Crippen molar-refractivity contribution < 1.29 is 84.0 Å². The number of nitrogens with one attached hydrogen (secondary N) is 4. The van der Waals surface area contributed by atoms with E-state index in [0.717, 1.165) is 0 Å². The zero-order valence-corrected chi connectivity index (χ0v) is 36.5. The van der Waals surface area contributed by atoms with Crippen molar-refractivity contribution in [1.82, 2.24) is 21.3 Å². The normalized spacial score (nSPS) is 15.2. The molecule has 0 bridgehead atoms. The first-order chi connectivity index (χ1) is 27.8. The monoisotopic (exact) mass is 888 g/mol. The van der Waals surface area contributed by atoms with E-state index in [1.807, 2.05) is 0 Å². The second-order valence-corrected chi connectivity index (χ2v) is 15.9. The lowest BCUT2D eigenvalue weighted by molar-refractivity contribution is -0.147. The third-order valence-corrected chi connectivity index (χ3v) is 9.62. The van der Waals surface area contributed by atoms with Crippen molar-refractivity contribution in [1.29, 1.82) is 0 Å². The topological polar surface area (TPSA) is 277 Å². The molecule has 0 saturated heterocycles. The van der Waals surface area contributed by atoms with Crippen molar-refractivity contribution >= 4 is 51.2 Å². The van der Waals surface area contributed by atoms with Gasteiger partial charge in [0.15, 0.2) is 0 Å². The van der Waals surface area contributed by atoms with Gasteiger partial charge in [-0.15, -0.1) is 13.2 Å². The molecule has 6 atom stereocenters. The Morgan fingerprint density at radius 3 is 1.25 bits per heavy atom. The second kappa shape index (κ2) is 32.2. The molecular weight excluding hydrogens is 826 g/mol. The van der Waals surface area contributed by atoms with Gasteiger partial charge in [0.05, 0.1) is 78.2 Å². The molecule has 0 radical (unpaired) electrons. The molecule has 0 fully saturated rings. The minimum absolute atomic E-state index is 0.0347. The lowest BCUT2D eigenvalue weighted by Crippen LogP contribution is -2.40. The van der Waals surface area contributed by atoms with Crippen molar-refractivity contribution in [2.24, 2.45) is 0 Å². The minimum atomic E-state index is -4.23. The summed E-state index contributed by atoms with van der Waals surface area (Å²) in [5.41, 5.74) is 0. The van der Waals surface area contributed by atoms with Gasteiger partial charge in [0, 0.05) is 53.6 Å². The first-order valence-electron chi connectivity index (χ1n) is 18.7. The van der Waals surface area contributed by atoms with Crippen LogP contribution >= 0.6 is 15.6 Å². The van der Waals surface area contributed by atoms with Crippen LogP contribution in [0.4, 0.5) is 0 Å². The highest BCUT2D eigenvalue weighted by Crippen LogP contribution is 2.50. The molecule has 0 saturated carbocycles. The fourth-order valence-corrected chi connectivity index (χ4v) is 6.69. The SMILES string of the molecule is C=CCOP(=O)(OCCNC(=O)CC(=O)NCCOP(=O)(OCC=C)OC[C@H](COCC[C@@H](C)OC(C)=O)NC(C)=O)OC[C@@H](COCC[C@@H](C)OC(C)=O)NC(C)=O. The highest BCUT2D eigenvalue weighted by atomic mass is 31.2. The third-order valence-electron chi connectivity index (χ3n) is 6.76. The number of amides is 4. The summed E-state index contributed by atoms with van der Waals surface area (Å²) in [5.74, 6) is -3.08. The van der Waals surface area contributed by atoms with Crippen molar-refractivity contribution in [3.05, 3.63) is 25.3 Å². The van der Waals surface area contributed by atoms with Crippen LogP contribution in [-0.2, 0) is 84.0 Å². The fourth-order valence-electron chi connectivity index (χ4n) is 4.31. The molecule has 0 aromatic rings. The lowest BCUT2D eigenvalue weighted by Gasteiger charge is -2.22. The zero-order chi connectivity index (χ0) is 44.7. The Hall–Kier alpha value is -3.56. The van der Waals surface area contributed by atoms with E-state index in [1.165, 1.54) is 39.8 Å². The number of ether oxygens (including phenoxy) is 4. The van der Waals surface area contributed by atoms with Crippen LogP contribution in [0.3, 0.4) is 0 Å². The van der Waals surface area contributed by atoms with Crippen LogP contribution in [0.2, 0.25) is 0 Å². The highest BCUT2D eigenvalue weighted by Gasteiger charge is 2.30. The van der Waals surface area contributed by atoms with Crippen LogP contribution in [-0.4, -0.2) is 139 Å². The maximum Gasteiger partial charge on any atom is 0.475 e. The summed E-state index contributed by atoms with van der Waals surface area (Å²) >= 11 is 0. The maximum atomic E-state index is 13.2. The Morgan fingerprint density at radius 2 is 0.932 bits per heavy atom. The van der Waals surface area contributed by atoms with Crippen LogP contribution in [0.15, 0.2) is 25.3 Å². The lowest BCUT2D eigenvalue weighted by atomic mass is 10.3. The Morgan fingerprint density at radius 1 is 0.559 bits per heavy atom. The van der Waals surface area contributed by atoms with Crippen LogP contribution in [0, 0.1) is 0 Å². The molecule has 22 nitrogen and oxygen atoms in total. The molecule has 0 aromatic heterocycles. The second-order valence-electron chi connectivity index (χ2n) is 12.6. The first-order valence-corrected chi connectivity index (χ1v) is 21.6.